The Kier molecular flexibility index (Phi) is 7.48. The highest BCUT2D eigenvalue weighted by Crippen LogP contribution is 2.44. The Bertz CT molecular complexity index is 946. The smallest absolute Gasteiger partial charge is 0.407 e. The zero-order valence-corrected chi connectivity index (χ0v) is 18.3. The lowest BCUT2D eigenvalue weighted by Crippen LogP contribution is -2.51. The molecule has 1 aliphatic carbocycles. The van der Waals surface area contributed by atoms with Gasteiger partial charge in [0.2, 0.25) is 5.91 Å². The van der Waals surface area contributed by atoms with Gasteiger partial charge in [-0.2, -0.15) is 0 Å². The molecule has 0 aromatic heterocycles. The molecule has 0 heterocycles. The molecule has 3 atom stereocenters. The minimum Gasteiger partial charge on any atom is -0.480 e. The van der Waals surface area contributed by atoms with Gasteiger partial charge in [0.05, 0.1) is 12.0 Å². The van der Waals surface area contributed by atoms with E-state index in [0.29, 0.717) is 0 Å². The second-order valence-corrected chi connectivity index (χ2v) is 7.87. The zero-order chi connectivity index (χ0) is 23.3. The standard InChI is InChI=1S/C24H28N2O6/c1-14(22(27)26-21(23(28)29)15(2)31-3)12-25-24(30)32-13-20-18-10-6-4-8-16(18)17-9-5-7-11-19(17)20/h4-11,14-15,20-21H,12-13H2,1-3H3,(H,25,30)(H,26,27)(H,28,29). The summed E-state index contributed by atoms with van der Waals surface area (Å²) >= 11 is 0. The third-order valence-electron chi connectivity index (χ3n) is 5.75. The van der Waals surface area contributed by atoms with E-state index in [2.05, 4.69) is 22.8 Å². The molecule has 2 amide bonds. The quantitative estimate of drug-likeness (QED) is 0.553. The first-order valence-electron chi connectivity index (χ1n) is 10.5. The van der Waals surface area contributed by atoms with Crippen molar-refractivity contribution in [3.8, 4) is 11.1 Å². The molecule has 0 aliphatic heterocycles. The summed E-state index contributed by atoms with van der Waals surface area (Å²) in [5.74, 6) is -2.40. The predicted molar refractivity (Wildman–Crippen MR) is 118 cm³/mol. The van der Waals surface area contributed by atoms with Gasteiger partial charge in [-0.1, -0.05) is 55.5 Å². The van der Waals surface area contributed by atoms with E-state index in [-0.39, 0.29) is 19.1 Å². The van der Waals surface area contributed by atoms with Gasteiger partial charge in [-0.3, -0.25) is 4.79 Å². The molecule has 0 spiro atoms. The van der Waals surface area contributed by atoms with Crippen molar-refractivity contribution in [3.05, 3.63) is 59.7 Å². The molecule has 0 fully saturated rings. The number of carboxylic acid groups (broad SMARTS) is 1. The van der Waals surface area contributed by atoms with Gasteiger partial charge in [0.25, 0.3) is 0 Å². The van der Waals surface area contributed by atoms with E-state index in [1.165, 1.54) is 7.11 Å². The zero-order valence-electron chi connectivity index (χ0n) is 18.3. The second-order valence-electron chi connectivity index (χ2n) is 7.87. The van der Waals surface area contributed by atoms with E-state index < -0.39 is 36.0 Å². The van der Waals surface area contributed by atoms with Crippen LogP contribution in [-0.4, -0.2) is 55.5 Å². The Balaban J connectivity index is 1.52. The van der Waals surface area contributed by atoms with Gasteiger partial charge in [0, 0.05) is 19.6 Å². The van der Waals surface area contributed by atoms with E-state index in [9.17, 15) is 19.5 Å². The van der Waals surface area contributed by atoms with E-state index in [4.69, 9.17) is 9.47 Å². The third kappa shape index (κ3) is 5.08. The molecule has 3 unspecified atom stereocenters. The highest BCUT2D eigenvalue weighted by molar-refractivity contribution is 5.85. The van der Waals surface area contributed by atoms with Crippen LogP contribution in [0.2, 0.25) is 0 Å². The van der Waals surface area contributed by atoms with Gasteiger partial charge < -0.3 is 25.2 Å². The van der Waals surface area contributed by atoms with Crippen molar-refractivity contribution in [3.63, 3.8) is 0 Å². The lowest BCUT2D eigenvalue weighted by Gasteiger charge is -2.22. The van der Waals surface area contributed by atoms with Crippen LogP contribution in [0.1, 0.15) is 30.9 Å². The molecule has 0 saturated heterocycles. The van der Waals surface area contributed by atoms with Gasteiger partial charge in [-0.15, -0.1) is 0 Å². The maximum Gasteiger partial charge on any atom is 0.407 e. The summed E-state index contributed by atoms with van der Waals surface area (Å²) in [6, 6.07) is 14.9. The highest BCUT2D eigenvalue weighted by atomic mass is 16.5. The van der Waals surface area contributed by atoms with Gasteiger partial charge >= 0.3 is 12.1 Å². The Hall–Kier alpha value is -3.39. The average Bonchev–Trinajstić information content (AvgIpc) is 3.12. The second kappa shape index (κ2) is 10.3. The van der Waals surface area contributed by atoms with Crippen LogP contribution in [-0.2, 0) is 19.1 Å². The maximum atomic E-state index is 12.3. The van der Waals surface area contributed by atoms with Crippen molar-refractivity contribution in [2.24, 2.45) is 5.92 Å². The van der Waals surface area contributed by atoms with Gasteiger partial charge in [0.1, 0.15) is 6.61 Å². The summed E-state index contributed by atoms with van der Waals surface area (Å²) in [6.07, 6.45) is -1.33. The fourth-order valence-corrected chi connectivity index (χ4v) is 3.79. The van der Waals surface area contributed by atoms with E-state index >= 15 is 0 Å². The molecule has 2 aromatic rings. The molecular formula is C24H28N2O6. The average molecular weight is 440 g/mol. The number of hydrogen-bond acceptors (Lipinski definition) is 5. The fourth-order valence-electron chi connectivity index (χ4n) is 3.79. The Labute approximate surface area is 186 Å². The molecular weight excluding hydrogens is 412 g/mol. The number of amides is 2. The number of hydrogen-bond donors (Lipinski definition) is 3. The van der Waals surface area contributed by atoms with Crippen LogP contribution in [0.25, 0.3) is 11.1 Å². The monoisotopic (exact) mass is 440 g/mol. The number of benzene rings is 2. The first-order chi connectivity index (χ1) is 15.3. The Morgan fingerprint density at radius 3 is 2.09 bits per heavy atom. The lowest BCUT2D eigenvalue weighted by molar-refractivity contribution is -0.146. The van der Waals surface area contributed by atoms with Crippen molar-refractivity contribution < 1.29 is 29.0 Å². The molecule has 0 saturated carbocycles. The van der Waals surface area contributed by atoms with Crippen molar-refractivity contribution in [2.75, 3.05) is 20.3 Å². The van der Waals surface area contributed by atoms with Gasteiger partial charge in [-0.25, -0.2) is 9.59 Å². The van der Waals surface area contributed by atoms with E-state index in [1.807, 2.05) is 36.4 Å². The number of nitrogens with one attached hydrogen (secondary N) is 2. The van der Waals surface area contributed by atoms with Crippen LogP contribution >= 0.6 is 0 Å². The number of fused-ring (bicyclic) bond motifs is 3. The van der Waals surface area contributed by atoms with Crippen molar-refractivity contribution in [1.29, 1.82) is 0 Å². The maximum absolute atomic E-state index is 12.3. The molecule has 1 aliphatic rings. The van der Waals surface area contributed by atoms with Crippen molar-refractivity contribution in [2.45, 2.75) is 31.9 Å². The molecule has 0 bridgehead atoms. The minimum absolute atomic E-state index is 0.0101. The minimum atomic E-state index is -1.19. The molecule has 32 heavy (non-hydrogen) atoms. The summed E-state index contributed by atoms with van der Waals surface area (Å²) in [4.78, 5) is 35.9. The summed E-state index contributed by atoms with van der Waals surface area (Å²) in [6.45, 7) is 3.33. The summed E-state index contributed by atoms with van der Waals surface area (Å²) in [5.41, 5.74) is 4.50. The van der Waals surface area contributed by atoms with Gasteiger partial charge in [0.15, 0.2) is 6.04 Å². The molecule has 3 rings (SSSR count). The number of carboxylic acids is 1. The fraction of sp³-hybridized carbons (Fsp3) is 0.375. The van der Waals surface area contributed by atoms with Crippen LogP contribution in [0.3, 0.4) is 0 Å². The number of carbonyl (C=O) groups is 3. The molecule has 0 radical (unpaired) electrons. The SMILES string of the molecule is COC(C)C(NC(=O)C(C)CNC(=O)OCC1c2ccccc2-c2ccccc21)C(=O)O. The number of aliphatic carboxylic acids is 1. The van der Waals surface area contributed by atoms with E-state index in [0.717, 1.165) is 22.3 Å². The van der Waals surface area contributed by atoms with Crippen LogP contribution < -0.4 is 10.6 Å². The lowest BCUT2D eigenvalue weighted by atomic mass is 9.98. The third-order valence-corrected chi connectivity index (χ3v) is 5.75. The number of methoxy groups -OCH3 is 1. The van der Waals surface area contributed by atoms with Gasteiger partial charge in [-0.05, 0) is 29.2 Å². The summed E-state index contributed by atoms with van der Waals surface area (Å²) < 4.78 is 10.4. The molecule has 2 aromatic carbocycles. The topological polar surface area (TPSA) is 114 Å². The summed E-state index contributed by atoms with van der Waals surface area (Å²) in [5, 5.41) is 14.3. The van der Waals surface area contributed by atoms with E-state index in [1.54, 1.807) is 13.8 Å². The van der Waals surface area contributed by atoms with Crippen LogP contribution in [0.15, 0.2) is 48.5 Å². The number of rotatable bonds is 9. The molecule has 3 N–H and O–H groups in total. The first kappa shape index (κ1) is 23.3. The predicted octanol–water partition coefficient (Wildman–Crippen LogP) is 2.77. The number of alkyl carbamates (subject to hydrolysis) is 1. The Morgan fingerprint density at radius 2 is 1.56 bits per heavy atom. The van der Waals surface area contributed by atoms with Crippen LogP contribution in [0.5, 0.6) is 0 Å². The van der Waals surface area contributed by atoms with Crippen molar-refractivity contribution in [1.82, 2.24) is 10.6 Å². The molecule has 8 nitrogen and oxygen atoms in total. The molecule has 8 heteroatoms. The summed E-state index contributed by atoms with van der Waals surface area (Å²) in [7, 11) is 1.37. The Morgan fingerprint density at radius 1 is 1.00 bits per heavy atom. The van der Waals surface area contributed by atoms with Crippen molar-refractivity contribution >= 4 is 18.0 Å². The van der Waals surface area contributed by atoms with Crippen LogP contribution in [0, 0.1) is 5.92 Å². The highest BCUT2D eigenvalue weighted by Gasteiger charge is 2.30. The largest absolute Gasteiger partial charge is 0.480 e. The normalized spacial score (nSPS) is 15.1. The number of carbonyl (C=O) groups excluding carboxylic acids is 2. The first-order valence-corrected chi connectivity index (χ1v) is 10.5. The van der Waals surface area contributed by atoms with Crippen LogP contribution in [0.4, 0.5) is 4.79 Å². The number of ether oxygens (including phenoxy) is 2. The molecule has 170 valence electrons.